The summed E-state index contributed by atoms with van der Waals surface area (Å²) < 4.78 is 48.5. The van der Waals surface area contributed by atoms with Crippen LogP contribution in [-0.2, 0) is 32.5 Å². The summed E-state index contributed by atoms with van der Waals surface area (Å²) in [5.74, 6) is -1.20. The van der Waals surface area contributed by atoms with Crippen molar-refractivity contribution in [3.05, 3.63) is 45.9 Å². The van der Waals surface area contributed by atoms with E-state index in [-0.39, 0.29) is 18.0 Å². The van der Waals surface area contributed by atoms with Gasteiger partial charge in [-0.3, -0.25) is 9.48 Å². The molecule has 0 spiro atoms. The lowest BCUT2D eigenvalue weighted by atomic mass is 9.93. The SMILES string of the molecule is CCOC(=O)Cn1ncc2c1CCC[C@@H]2N(C)S(=O)(=O)c1ccc(Br)cc1F. The number of carbonyl (C=O) groups is 1. The van der Waals surface area contributed by atoms with E-state index >= 15 is 0 Å². The number of sulfonamides is 1. The Morgan fingerprint density at radius 3 is 2.89 bits per heavy atom. The fraction of sp³-hybridized carbons (Fsp3) is 0.444. The third-order valence-corrected chi connectivity index (χ3v) is 7.20. The van der Waals surface area contributed by atoms with Crippen molar-refractivity contribution in [2.24, 2.45) is 0 Å². The van der Waals surface area contributed by atoms with Crippen molar-refractivity contribution >= 4 is 31.9 Å². The predicted molar refractivity (Wildman–Crippen MR) is 104 cm³/mol. The second kappa shape index (κ2) is 8.30. The van der Waals surface area contributed by atoms with Gasteiger partial charge in [0.25, 0.3) is 0 Å². The molecule has 0 fully saturated rings. The van der Waals surface area contributed by atoms with Crippen LogP contribution in [0.15, 0.2) is 33.8 Å². The second-order valence-electron chi connectivity index (χ2n) is 6.51. The Balaban J connectivity index is 1.91. The molecule has 2 aromatic rings. The van der Waals surface area contributed by atoms with Crippen LogP contribution in [-0.4, -0.2) is 42.1 Å². The summed E-state index contributed by atoms with van der Waals surface area (Å²) in [4.78, 5) is 11.4. The van der Waals surface area contributed by atoms with E-state index in [1.165, 1.54) is 23.5 Å². The van der Waals surface area contributed by atoms with Crippen LogP contribution in [0, 0.1) is 5.82 Å². The van der Waals surface area contributed by atoms with Gasteiger partial charge < -0.3 is 4.74 Å². The van der Waals surface area contributed by atoms with E-state index in [2.05, 4.69) is 21.0 Å². The maximum atomic E-state index is 14.3. The monoisotopic (exact) mass is 473 g/mol. The summed E-state index contributed by atoms with van der Waals surface area (Å²) in [7, 11) is -2.60. The van der Waals surface area contributed by atoms with Gasteiger partial charge in [-0.05, 0) is 44.4 Å². The fourth-order valence-electron chi connectivity index (χ4n) is 3.45. The number of hydrogen-bond donors (Lipinski definition) is 0. The third kappa shape index (κ3) is 3.99. The number of rotatable bonds is 6. The summed E-state index contributed by atoms with van der Waals surface area (Å²) in [5.41, 5.74) is 1.54. The van der Waals surface area contributed by atoms with Crippen molar-refractivity contribution in [2.45, 2.75) is 43.7 Å². The predicted octanol–water partition coefficient (Wildman–Crippen LogP) is 3.05. The molecule has 0 N–H and O–H groups in total. The number of carbonyl (C=O) groups excluding carboxylic acids is 1. The lowest BCUT2D eigenvalue weighted by Gasteiger charge is -2.31. The largest absolute Gasteiger partial charge is 0.465 e. The number of fused-ring (bicyclic) bond motifs is 1. The van der Waals surface area contributed by atoms with E-state index < -0.39 is 27.9 Å². The lowest BCUT2D eigenvalue weighted by Crippen LogP contribution is -2.34. The van der Waals surface area contributed by atoms with Crippen molar-refractivity contribution in [1.29, 1.82) is 0 Å². The Labute approximate surface area is 171 Å². The first kappa shape index (κ1) is 20.9. The number of halogens is 2. The molecule has 7 nitrogen and oxygen atoms in total. The van der Waals surface area contributed by atoms with Gasteiger partial charge in [-0.1, -0.05) is 15.9 Å². The number of nitrogens with zero attached hydrogens (tertiary/aromatic N) is 3. The van der Waals surface area contributed by atoms with Crippen molar-refractivity contribution < 1.29 is 22.3 Å². The normalized spacial score (nSPS) is 16.8. The molecule has 28 heavy (non-hydrogen) atoms. The zero-order valence-corrected chi connectivity index (χ0v) is 18.0. The molecule has 1 atom stereocenters. The Bertz CT molecular complexity index is 993. The molecule has 0 radical (unpaired) electrons. The first-order valence-corrected chi connectivity index (χ1v) is 11.1. The Morgan fingerprint density at radius 1 is 1.46 bits per heavy atom. The molecular formula is C18H21BrFN3O4S. The standard InChI is InChI=1S/C18H21BrFN3O4S/c1-3-27-18(24)11-23-16-6-4-5-15(13(16)10-21-23)22(2)28(25,26)17-8-7-12(19)9-14(17)20/h7-10,15H,3-6,11H2,1-2H3/t15-/m0/s1. The number of esters is 1. The number of hydrogen-bond acceptors (Lipinski definition) is 5. The highest BCUT2D eigenvalue weighted by Crippen LogP contribution is 2.37. The molecule has 3 rings (SSSR count). The van der Waals surface area contributed by atoms with Crippen LogP contribution in [0.1, 0.15) is 37.1 Å². The smallest absolute Gasteiger partial charge is 0.327 e. The van der Waals surface area contributed by atoms with E-state index in [1.54, 1.807) is 17.8 Å². The molecule has 0 saturated carbocycles. The highest BCUT2D eigenvalue weighted by atomic mass is 79.9. The molecule has 1 aromatic carbocycles. The van der Waals surface area contributed by atoms with Crippen molar-refractivity contribution in [3.63, 3.8) is 0 Å². The van der Waals surface area contributed by atoms with Crippen LogP contribution in [0.5, 0.6) is 0 Å². The molecule has 1 aliphatic rings. The van der Waals surface area contributed by atoms with Crippen molar-refractivity contribution in [1.82, 2.24) is 14.1 Å². The highest BCUT2D eigenvalue weighted by Gasteiger charge is 2.35. The average molecular weight is 474 g/mol. The molecule has 1 heterocycles. The van der Waals surface area contributed by atoms with E-state index in [1.807, 2.05) is 0 Å². The summed E-state index contributed by atoms with van der Waals surface area (Å²) in [5, 5.41) is 4.25. The van der Waals surface area contributed by atoms with Gasteiger partial charge in [0.1, 0.15) is 17.3 Å². The van der Waals surface area contributed by atoms with Crippen LogP contribution < -0.4 is 0 Å². The fourth-order valence-corrected chi connectivity index (χ4v) is 5.19. The minimum absolute atomic E-state index is 0.0201. The first-order chi connectivity index (χ1) is 13.3. The summed E-state index contributed by atoms with van der Waals surface area (Å²) >= 11 is 3.13. The zero-order valence-electron chi connectivity index (χ0n) is 15.6. The molecule has 0 amide bonds. The molecule has 152 valence electrons. The highest BCUT2D eigenvalue weighted by molar-refractivity contribution is 9.10. The molecule has 10 heteroatoms. The maximum absolute atomic E-state index is 14.3. The van der Waals surface area contributed by atoms with Gasteiger partial charge in [0, 0.05) is 22.8 Å². The van der Waals surface area contributed by atoms with Gasteiger partial charge in [-0.2, -0.15) is 9.40 Å². The van der Waals surface area contributed by atoms with E-state index in [9.17, 15) is 17.6 Å². The van der Waals surface area contributed by atoms with Crippen LogP contribution in [0.2, 0.25) is 0 Å². The van der Waals surface area contributed by atoms with Crippen LogP contribution in [0.25, 0.3) is 0 Å². The van der Waals surface area contributed by atoms with Gasteiger partial charge in [0.05, 0.1) is 18.8 Å². The minimum atomic E-state index is -4.04. The second-order valence-corrected chi connectivity index (χ2v) is 9.39. The Hall–Kier alpha value is -1.78. The van der Waals surface area contributed by atoms with Gasteiger partial charge >= 0.3 is 5.97 Å². The third-order valence-electron chi connectivity index (χ3n) is 4.81. The Kier molecular flexibility index (Phi) is 6.21. The topological polar surface area (TPSA) is 81.5 Å². The maximum Gasteiger partial charge on any atom is 0.327 e. The number of aromatic nitrogens is 2. The lowest BCUT2D eigenvalue weighted by molar-refractivity contribution is -0.144. The molecule has 0 saturated heterocycles. The molecule has 0 bridgehead atoms. The summed E-state index contributed by atoms with van der Waals surface area (Å²) in [6.45, 7) is 1.99. The summed E-state index contributed by atoms with van der Waals surface area (Å²) in [6, 6.07) is 3.39. The van der Waals surface area contributed by atoms with Crippen molar-refractivity contribution in [3.8, 4) is 0 Å². The van der Waals surface area contributed by atoms with Crippen LogP contribution in [0.3, 0.4) is 0 Å². The van der Waals surface area contributed by atoms with Gasteiger partial charge in [-0.15, -0.1) is 0 Å². The van der Waals surface area contributed by atoms with Gasteiger partial charge in [0.15, 0.2) is 0 Å². The van der Waals surface area contributed by atoms with E-state index in [4.69, 9.17) is 4.74 Å². The zero-order chi connectivity index (χ0) is 20.5. The quantitative estimate of drug-likeness (QED) is 0.602. The Morgan fingerprint density at radius 2 is 2.21 bits per heavy atom. The van der Waals surface area contributed by atoms with Crippen LogP contribution >= 0.6 is 15.9 Å². The molecule has 1 aliphatic carbocycles. The van der Waals surface area contributed by atoms with E-state index in [0.29, 0.717) is 17.3 Å². The van der Waals surface area contributed by atoms with E-state index in [0.717, 1.165) is 23.7 Å². The van der Waals surface area contributed by atoms with Crippen molar-refractivity contribution in [2.75, 3.05) is 13.7 Å². The number of benzene rings is 1. The van der Waals surface area contributed by atoms with Gasteiger partial charge in [-0.25, -0.2) is 12.8 Å². The molecule has 1 aromatic heterocycles. The minimum Gasteiger partial charge on any atom is -0.465 e. The molecule has 0 unspecified atom stereocenters. The average Bonchev–Trinajstić information content (AvgIpc) is 3.04. The molecular weight excluding hydrogens is 453 g/mol. The summed E-state index contributed by atoms with van der Waals surface area (Å²) in [6.07, 6.45) is 3.59. The van der Waals surface area contributed by atoms with Gasteiger partial charge in [0.2, 0.25) is 10.0 Å². The van der Waals surface area contributed by atoms with Crippen LogP contribution in [0.4, 0.5) is 4.39 Å². The first-order valence-electron chi connectivity index (χ1n) is 8.89. The molecule has 0 aliphatic heterocycles. The number of ether oxygens (including phenoxy) is 1.